The summed E-state index contributed by atoms with van der Waals surface area (Å²) >= 11 is 0. The second-order valence-corrected chi connectivity index (χ2v) is 5.35. The Bertz CT molecular complexity index is 571. The topological polar surface area (TPSA) is 58.1 Å². The van der Waals surface area contributed by atoms with Crippen molar-refractivity contribution < 1.29 is 9.84 Å². The molecule has 102 valence electrons. The second kappa shape index (κ2) is 4.70. The van der Waals surface area contributed by atoms with Crippen LogP contribution in [0, 0.1) is 13.8 Å². The molecular formula is C15H20N2O2. The Morgan fingerprint density at radius 1 is 1.21 bits per heavy atom. The third-order valence-electron chi connectivity index (χ3n) is 3.13. The molecule has 0 atom stereocenters. The van der Waals surface area contributed by atoms with Crippen molar-refractivity contribution in [2.24, 2.45) is 0 Å². The first-order chi connectivity index (χ1) is 8.82. The van der Waals surface area contributed by atoms with E-state index in [0.717, 1.165) is 28.1 Å². The summed E-state index contributed by atoms with van der Waals surface area (Å²) in [5, 5.41) is 9.93. The lowest BCUT2D eigenvalue weighted by atomic mass is 10.0. The largest absolute Gasteiger partial charge is 0.496 e. The molecule has 0 aliphatic carbocycles. The van der Waals surface area contributed by atoms with Crippen LogP contribution in [-0.4, -0.2) is 22.2 Å². The molecule has 0 aliphatic heterocycles. The molecule has 1 aromatic heterocycles. The van der Waals surface area contributed by atoms with Crippen LogP contribution in [0.15, 0.2) is 18.3 Å². The molecule has 4 nitrogen and oxygen atoms in total. The Balaban J connectivity index is 2.46. The van der Waals surface area contributed by atoms with Crippen molar-refractivity contribution in [3.63, 3.8) is 0 Å². The maximum atomic E-state index is 9.93. The zero-order valence-electron chi connectivity index (χ0n) is 12.0. The second-order valence-electron chi connectivity index (χ2n) is 5.35. The van der Waals surface area contributed by atoms with Gasteiger partial charge in [0, 0.05) is 5.56 Å². The molecule has 1 heterocycles. The SMILES string of the molecule is COc1c(C)cc(-c2cnc(C(C)(C)O)[nH]2)cc1C. The molecule has 0 unspecified atom stereocenters. The molecular weight excluding hydrogens is 240 g/mol. The van der Waals surface area contributed by atoms with Gasteiger partial charge >= 0.3 is 0 Å². The van der Waals surface area contributed by atoms with Crippen LogP contribution in [0.5, 0.6) is 5.75 Å². The van der Waals surface area contributed by atoms with Gasteiger partial charge in [-0.15, -0.1) is 0 Å². The molecule has 0 saturated carbocycles. The summed E-state index contributed by atoms with van der Waals surface area (Å²) in [6.45, 7) is 7.45. The van der Waals surface area contributed by atoms with Crippen molar-refractivity contribution >= 4 is 0 Å². The van der Waals surface area contributed by atoms with Crippen LogP contribution in [0.25, 0.3) is 11.3 Å². The zero-order valence-corrected chi connectivity index (χ0v) is 12.0. The summed E-state index contributed by atoms with van der Waals surface area (Å²) in [7, 11) is 1.68. The number of nitrogens with one attached hydrogen (secondary N) is 1. The van der Waals surface area contributed by atoms with Gasteiger partial charge in [0.2, 0.25) is 0 Å². The number of aryl methyl sites for hydroxylation is 2. The fourth-order valence-electron chi connectivity index (χ4n) is 2.21. The van der Waals surface area contributed by atoms with Gasteiger partial charge in [-0.2, -0.15) is 0 Å². The molecule has 0 saturated heterocycles. The first-order valence-electron chi connectivity index (χ1n) is 6.26. The highest BCUT2D eigenvalue weighted by Gasteiger charge is 2.20. The van der Waals surface area contributed by atoms with Crippen LogP contribution in [0.4, 0.5) is 0 Å². The number of nitrogens with zero attached hydrogens (tertiary/aromatic N) is 1. The van der Waals surface area contributed by atoms with E-state index in [2.05, 4.69) is 9.97 Å². The van der Waals surface area contributed by atoms with Crippen molar-refractivity contribution in [3.8, 4) is 17.0 Å². The lowest BCUT2D eigenvalue weighted by Crippen LogP contribution is -2.17. The number of ether oxygens (including phenoxy) is 1. The Hall–Kier alpha value is -1.81. The molecule has 19 heavy (non-hydrogen) atoms. The Morgan fingerprint density at radius 3 is 2.21 bits per heavy atom. The van der Waals surface area contributed by atoms with E-state index in [1.807, 2.05) is 26.0 Å². The monoisotopic (exact) mass is 260 g/mol. The van der Waals surface area contributed by atoms with E-state index in [1.165, 1.54) is 0 Å². The fourth-order valence-corrected chi connectivity index (χ4v) is 2.21. The summed E-state index contributed by atoms with van der Waals surface area (Å²) < 4.78 is 5.36. The average Bonchev–Trinajstić information content (AvgIpc) is 2.77. The number of hydrogen-bond acceptors (Lipinski definition) is 3. The summed E-state index contributed by atoms with van der Waals surface area (Å²) in [6, 6.07) is 4.10. The highest BCUT2D eigenvalue weighted by molar-refractivity contribution is 5.63. The Labute approximate surface area is 113 Å². The molecule has 2 rings (SSSR count). The maximum absolute atomic E-state index is 9.93. The quantitative estimate of drug-likeness (QED) is 0.892. The normalized spacial score (nSPS) is 11.7. The minimum absolute atomic E-state index is 0.564. The van der Waals surface area contributed by atoms with Crippen molar-refractivity contribution in [2.75, 3.05) is 7.11 Å². The maximum Gasteiger partial charge on any atom is 0.138 e. The number of rotatable bonds is 3. The first kappa shape index (κ1) is 13.6. The van der Waals surface area contributed by atoms with E-state index in [9.17, 15) is 5.11 Å². The number of hydrogen-bond donors (Lipinski definition) is 2. The van der Waals surface area contributed by atoms with Crippen LogP contribution in [0.3, 0.4) is 0 Å². The number of aromatic nitrogens is 2. The van der Waals surface area contributed by atoms with Crippen molar-refractivity contribution in [2.45, 2.75) is 33.3 Å². The van der Waals surface area contributed by atoms with Gasteiger partial charge in [-0.05, 0) is 51.0 Å². The van der Waals surface area contributed by atoms with E-state index >= 15 is 0 Å². The summed E-state index contributed by atoms with van der Waals surface area (Å²) in [6.07, 6.45) is 1.74. The Morgan fingerprint density at radius 2 is 1.79 bits per heavy atom. The van der Waals surface area contributed by atoms with Crippen LogP contribution < -0.4 is 4.74 Å². The number of methoxy groups -OCH3 is 1. The van der Waals surface area contributed by atoms with Crippen molar-refractivity contribution in [3.05, 3.63) is 35.3 Å². The predicted molar refractivity (Wildman–Crippen MR) is 75.3 cm³/mol. The van der Waals surface area contributed by atoms with Gasteiger partial charge in [0.05, 0.1) is 19.0 Å². The molecule has 0 fully saturated rings. The van der Waals surface area contributed by atoms with Crippen LogP contribution >= 0.6 is 0 Å². The van der Waals surface area contributed by atoms with Crippen molar-refractivity contribution in [1.82, 2.24) is 9.97 Å². The summed E-state index contributed by atoms with van der Waals surface area (Å²) in [4.78, 5) is 7.39. The molecule has 1 aromatic carbocycles. The standard InChI is InChI=1S/C15H20N2O2/c1-9-6-11(7-10(2)13(9)19-5)12-8-16-14(17-12)15(3,4)18/h6-8,18H,1-5H3,(H,16,17). The zero-order chi connectivity index (χ0) is 14.2. The third-order valence-corrected chi connectivity index (χ3v) is 3.13. The van der Waals surface area contributed by atoms with Gasteiger partial charge in [-0.3, -0.25) is 0 Å². The lowest BCUT2D eigenvalue weighted by molar-refractivity contribution is 0.0697. The Kier molecular flexibility index (Phi) is 3.37. The molecule has 0 radical (unpaired) electrons. The van der Waals surface area contributed by atoms with E-state index in [0.29, 0.717) is 5.82 Å². The molecule has 0 spiro atoms. The molecule has 0 bridgehead atoms. The molecule has 0 aliphatic rings. The number of H-pyrrole nitrogens is 1. The van der Waals surface area contributed by atoms with E-state index in [1.54, 1.807) is 27.2 Å². The highest BCUT2D eigenvalue weighted by Crippen LogP contribution is 2.30. The van der Waals surface area contributed by atoms with Gasteiger partial charge < -0.3 is 14.8 Å². The first-order valence-corrected chi connectivity index (χ1v) is 6.26. The highest BCUT2D eigenvalue weighted by atomic mass is 16.5. The fraction of sp³-hybridized carbons (Fsp3) is 0.400. The number of benzene rings is 1. The van der Waals surface area contributed by atoms with Gasteiger partial charge in [-0.25, -0.2) is 4.98 Å². The van der Waals surface area contributed by atoms with Crippen LogP contribution in [0.1, 0.15) is 30.8 Å². The minimum atomic E-state index is -0.963. The van der Waals surface area contributed by atoms with Crippen LogP contribution in [-0.2, 0) is 5.60 Å². The minimum Gasteiger partial charge on any atom is -0.496 e. The van der Waals surface area contributed by atoms with Crippen molar-refractivity contribution in [1.29, 1.82) is 0 Å². The van der Waals surface area contributed by atoms with E-state index < -0.39 is 5.60 Å². The van der Waals surface area contributed by atoms with Gasteiger partial charge in [-0.1, -0.05) is 0 Å². The van der Waals surface area contributed by atoms with Crippen LogP contribution in [0.2, 0.25) is 0 Å². The molecule has 2 N–H and O–H groups in total. The van der Waals surface area contributed by atoms with E-state index in [4.69, 9.17) is 4.74 Å². The van der Waals surface area contributed by atoms with Gasteiger partial charge in [0.15, 0.2) is 0 Å². The smallest absolute Gasteiger partial charge is 0.138 e. The lowest BCUT2D eigenvalue weighted by Gasteiger charge is -2.13. The van der Waals surface area contributed by atoms with Gasteiger partial charge in [0.25, 0.3) is 0 Å². The number of imidazole rings is 1. The number of aromatic amines is 1. The van der Waals surface area contributed by atoms with Gasteiger partial charge in [0.1, 0.15) is 17.2 Å². The summed E-state index contributed by atoms with van der Waals surface area (Å²) in [5.74, 6) is 1.47. The summed E-state index contributed by atoms with van der Waals surface area (Å²) in [5.41, 5.74) is 3.13. The van der Waals surface area contributed by atoms with E-state index in [-0.39, 0.29) is 0 Å². The predicted octanol–water partition coefficient (Wildman–Crippen LogP) is 2.93. The molecule has 0 amide bonds. The molecule has 4 heteroatoms. The third kappa shape index (κ3) is 2.63. The molecule has 2 aromatic rings. The number of aliphatic hydroxyl groups is 1. The average molecular weight is 260 g/mol.